The second-order valence-electron chi connectivity index (χ2n) is 6.40. The molecule has 3 unspecified atom stereocenters. The third kappa shape index (κ3) is 5.67. The highest BCUT2D eigenvalue weighted by Crippen LogP contribution is 2.22. The van der Waals surface area contributed by atoms with Crippen LogP contribution in [0.3, 0.4) is 0 Å². The van der Waals surface area contributed by atoms with Crippen LogP contribution in [0.15, 0.2) is 27.9 Å². The van der Waals surface area contributed by atoms with Gasteiger partial charge in [0.2, 0.25) is 17.6 Å². The number of carbonyl (C=O) groups is 1. The number of nitrogens with two attached hydrogens (primary N) is 1. The van der Waals surface area contributed by atoms with Crippen molar-refractivity contribution in [2.75, 3.05) is 19.7 Å². The molecule has 0 aromatic carbocycles. The summed E-state index contributed by atoms with van der Waals surface area (Å²) in [5.74, 6) is 1.33. The predicted molar refractivity (Wildman–Crippen MR) is 99.7 cm³/mol. The molecule has 3 atom stereocenters. The molecule has 2 rings (SSSR count). The van der Waals surface area contributed by atoms with Crippen molar-refractivity contribution in [3.8, 4) is 0 Å². The fourth-order valence-electron chi connectivity index (χ4n) is 3.04. The maximum absolute atomic E-state index is 11.6. The maximum atomic E-state index is 11.6. The Morgan fingerprint density at radius 3 is 2.96 bits per heavy atom. The topological polar surface area (TPSA) is 97.0 Å². The molecule has 2 heterocycles. The molecule has 7 nitrogen and oxygen atoms in total. The van der Waals surface area contributed by atoms with Crippen molar-refractivity contribution in [1.29, 1.82) is 0 Å². The highest BCUT2D eigenvalue weighted by Gasteiger charge is 2.25. The number of hydrogen-bond donors (Lipinski definition) is 2. The molecule has 0 aliphatic carbocycles. The van der Waals surface area contributed by atoms with E-state index in [1.807, 2.05) is 30.9 Å². The Morgan fingerprint density at radius 1 is 1.48 bits per heavy atom. The van der Waals surface area contributed by atoms with Crippen LogP contribution in [0.5, 0.6) is 0 Å². The Bertz CT molecular complexity index is 588. The summed E-state index contributed by atoms with van der Waals surface area (Å²) < 4.78 is 24.5. The molecular formula is C17H28N4O3S. The minimum Gasteiger partial charge on any atom is -0.493 e. The minimum atomic E-state index is -1.50. The average molecular weight is 369 g/mol. The Hall–Kier alpha value is -1.67. The van der Waals surface area contributed by atoms with Gasteiger partial charge in [0.25, 0.3) is 0 Å². The molecule has 2 aliphatic rings. The van der Waals surface area contributed by atoms with Crippen molar-refractivity contribution >= 4 is 23.4 Å². The molecule has 0 bridgehead atoms. The number of hydrogen-bond acceptors (Lipinski definition) is 4. The van der Waals surface area contributed by atoms with E-state index in [1.54, 1.807) is 0 Å². The van der Waals surface area contributed by atoms with Gasteiger partial charge in [-0.25, -0.2) is 8.93 Å². The van der Waals surface area contributed by atoms with E-state index in [0.29, 0.717) is 18.3 Å². The van der Waals surface area contributed by atoms with E-state index in [-0.39, 0.29) is 11.9 Å². The Balaban J connectivity index is 2.12. The van der Waals surface area contributed by atoms with Gasteiger partial charge in [0.1, 0.15) is 11.6 Å². The van der Waals surface area contributed by atoms with Crippen molar-refractivity contribution in [2.45, 2.75) is 45.6 Å². The molecule has 1 saturated heterocycles. The number of allylic oxidation sites excluding steroid dienone is 2. The van der Waals surface area contributed by atoms with Crippen LogP contribution in [-0.4, -0.2) is 47.1 Å². The van der Waals surface area contributed by atoms with Crippen LogP contribution in [0.1, 0.15) is 39.5 Å². The number of nitrogens with zero attached hydrogens (tertiary/aromatic N) is 2. The molecule has 0 saturated carbocycles. The van der Waals surface area contributed by atoms with Crippen molar-refractivity contribution in [1.82, 2.24) is 9.62 Å². The van der Waals surface area contributed by atoms with E-state index in [4.69, 9.17) is 10.5 Å². The van der Waals surface area contributed by atoms with Crippen molar-refractivity contribution < 1.29 is 13.7 Å². The largest absolute Gasteiger partial charge is 0.493 e. The molecule has 2 aliphatic heterocycles. The summed E-state index contributed by atoms with van der Waals surface area (Å²) in [7, 11) is 0. The van der Waals surface area contributed by atoms with E-state index in [1.165, 1.54) is 0 Å². The number of ether oxygens (including phenoxy) is 1. The van der Waals surface area contributed by atoms with Gasteiger partial charge in [0.05, 0.1) is 18.2 Å². The van der Waals surface area contributed by atoms with E-state index < -0.39 is 11.2 Å². The zero-order valence-corrected chi connectivity index (χ0v) is 15.8. The average Bonchev–Trinajstić information content (AvgIpc) is 2.81. The van der Waals surface area contributed by atoms with Crippen LogP contribution < -0.4 is 10.5 Å². The molecule has 25 heavy (non-hydrogen) atoms. The lowest BCUT2D eigenvalue weighted by Crippen LogP contribution is -2.41. The molecule has 3 N–H and O–H groups in total. The van der Waals surface area contributed by atoms with Gasteiger partial charge in [-0.15, -0.1) is 0 Å². The lowest BCUT2D eigenvalue weighted by Gasteiger charge is -2.24. The van der Waals surface area contributed by atoms with Crippen LogP contribution in [0.2, 0.25) is 0 Å². The number of likely N-dealkylation sites (tertiary alicyclic amines) is 1. The first-order chi connectivity index (χ1) is 12.0. The molecular weight excluding hydrogens is 340 g/mol. The van der Waals surface area contributed by atoms with Gasteiger partial charge >= 0.3 is 0 Å². The zero-order chi connectivity index (χ0) is 18.2. The van der Waals surface area contributed by atoms with Crippen LogP contribution >= 0.6 is 0 Å². The Morgan fingerprint density at radius 2 is 2.28 bits per heavy atom. The normalized spacial score (nSPS) is 29.9. The summed E-state index contributed by atoms with van der Waals surface area (Å²) in [6.07, 6.45) is 8.68. The molecule has 140 valence electrons. The van der Waals surface area contributed by atoms with Crippen LogP contribution in [0, 0.1) is 5.92 Å². The molecule has 0 aromatic rings. The molecule has 1 amide bonds. The fraction of sp³-hybridized carbons (Fsp3) is 0.647. The van der Waals surface area contributed by atoms with Gasteiger partial charge in [-0.2, -0.15) is 4.40 Å². The first-order valence-corrected chi connectivity index (χ1v) is 9.91. The first-order valence-electron chi connectivity index (χ1n) is 8.80. The van der Waals surface area contributed by atoms with Crippen LogP contribution in [0.4, 0.5) is 0 Å². The number of amidine groups is 1. The number of rotatable bonds is 6. The van der Waals surface area contributed by atoms with Crippen molar-refractivity contribution in [3.05, 3.63) is 23.5 Å². The highest BCUT2D eigenvalue weighted by molar-refractivity contribution is 7.82. The molecule has 0 radical (unpaired) electrons. The van der Waals surface area contributed by atoms with Gasteiger partial charge in [-0.1, -0.05) is 13.0 Å². The van der Waals surface area contributed by atoms with Gasteiger partial charge in [-0.05, 0) is 44.6 Å². The van der Waals surface area contributed by atoms with E-state index in [0.717, 1.165) is 50.8 Å². The van der Waals surface area contributed by atoms with E-state index in [2.05, 4.69) is 9.12 Å². The Kier molecular flexibility index (Phi) is 7.64. The predicted octanol–water partition coefficient (Wildman–Crippen LogP) is 1.41. The highest BCUT2D eigenvalue weighted by atomic mass is 32.2. The third-order valence-corrected chi connectivity index (χ3v) is 5.36. The van der Waals surface area contributed by atoms with E-state index >= 15 is 0 Å². The van der Waals surface area contributed by atoms with Crippen molar-refractivity contribution in [3.63, 3.8) is 0 Å². The summed E-state index contributed by atoms with van der Waals surface area (Å²) >= 11 is -1.50. The fourth-order valence-corrected chi connectivity index (χ4v) is 3.79. The second-order valence-corrected chi connectivity index (χ2v) is 7.32. The lowest BCUT2D eigenvalue weighted by atomic mass is 10.0. The summed E-state index contributed by atoms with van der Waals surface area (Å²) in [4.78, 5) is 12.8. The van der Waals surface area contributed by atoms with Gasteiger partial charge in [0.15, 0.2) is 0 Å². The third-order valence-electron chi connectivity index (χ3n) is 4.44. The van der Waals surface area contributed by atoms with Gasteiger partial charge in [0, 0.05) is 13.1 Å². The quantitative estimate of drug-likeness (QED) is 0.547. The number of nitrogens with one attached hydrogen (secondary N) is 1. The maximum Gasteiger partial charge on any atom is 0.218 e. The lowest BCUT2D eigenvalue weighted by molar-refractivity contribution is -0.118. The number of amides is 1. The SMILES string of the molecule is CC/C=C\C(OCC1CCCN(C=O)CC1)=C1\C(N)=NS(=O)NC1C. The van der Waals surface area contributed by atoms with Gasteiger partial charge in [-0.3, -0.25) is 4.79 Å². The van der Waals surface area contributed by atoms with Gasteiger partial charge < -0.3 is 15.4 Å². The molecule has 0 aromatic heterocycles. The monoisotopic (exact) mass is 368 g/mol. The smallest absolute Gasteiger partial charge is 0.218 e. The summed E-state index contributed by atoms with van der Waals surface area (Å²) in [5.41, 5.74) is 6.75. The molecule has 1 fully saturated rings. The molecule has 0 spiro atoms. The summed E-state index contributed by atoms with van der Waals surface area (Å²) in [6, 6.07) is -0.200. The van der Waals surface area contributed by atoms with Crippen LogP contribution in [-0.2, 0) is 20.7 Å². The Labute approximate surface area is 152 Å². The summed E-state index contributed by atoms with van der Waals surface area (Å²) in [5, 5.41) is 0. The van der Waals surface area contributed by atoms with E-state index in [9.17, 15) is 9.00 Å². The zero-order valence-electron chi connectivity index (χ0n) is 14.9. The minimum absolute atomic E-state index is 0.200. The summed E-state index contributed by atoms with van der Waals surface area (Å²) in [6.45, 7) is 6.10. The molecule has 8 heteroatoms. The second kappa shape index (κ2) is 9.72. The van der Waals surface area contributed by atoms with Crippen molar-refractivity contribution in [2.24, 2.45) is 16.0 Å². The van der Waals surface area contributed by atoms with Crippen LogP contribution in [0.25, 0.3) is 0 Å². The first kappa shape index (κ1) is 19.7. The standard InChI is InChI=1S/C17H28N4O3S/c1-3-4-7-15(16-13(2)19-25(23)20-17(16)18)24-11-14-6-5-9-21(12-22)10-8-14/h4,7,12-14,19H,3,5-6,8-11H2,1-2H3,(H2,18,20)/b7-4-,16-15-. The number of carbonyl (C=O) groups excluding carboxylic acids is 1.